The molecule has 1 atom stereocenters. The van der Waals surface area contributed by atoms with Crippen molar-refractivity contribution < 1.29 is 19.8 Å². The van der Waals surface area contributed by atoms with Gasteiger partial charge < -0.3 is 27.0 Å². The number of hydrogen-bond acceptors (Lipinski definition) is 4. The second-order valence-electron chi connectivity index (χ2n) is 5.31. The predicted molar refractivity (Wildman–Crippen MR) is 92.5 cm³/mol. The number of carboxylic acids is 1. The molecule has 0 aliphatic carbocycles. The molecule has 0 aliphatic rings. The second kappa shape index (κ2) is 7.82. The van der Waals surface area contributed by atoms with Crippen LogP contribution >= 0.6 is 0 Å². The van der Waals surface area contributed by atoms with Crippen LogP contribution in [0.2, 0.25) is 0 Å². The van der Waals surface area contributed by atoms with Crippen molar-refractivity contribution in [3.63, 3.8) is 0 Å². The molecular weight excluding hydrogens is 324 g/mol. The minimum atomic E-state index is -1.08. The summed E-state index contributed by atoms with van der Waals surface area (Å²) >= 11 is 0. The number of aliphatic carboxylic acids is 1. The molecule has 0 heterocycles. The lowest BCUT2D eigenvalue weighted by Crippen LogP contribution is -2.30. The largest absolute Gasteiger partial charge is 0.508 e. The topological polar surface area (TPSA) is 151 Å². The zero-order valence-electron chi connectivity index (χ0n) is 13.2. The van der Waals surface area contributed by atoms with Gasteiger partial charge in [0.05, 0.1) is 18.2 Å². The van der Waals surface area contributed by atoms with E-state index in [1.165, 1.54) is 18.2 Å². The van der Waals surface area contributed by atoms with Crippen LogP contribution in [0.3, 0.4) is 0 Å². The number of aromatic hydroxyl groups is 1. The first-order chi connectivity index (χ1) is 11.8. The van der Waals surface area contributed by atoms with Gasteiger partial charge in [-0.1, -0.05) is 18.2 Å². The van der Waals surface area contributed by atoms with Gasteiger partial charge in [0.2, 0.25) is 0 Å². The zero-order chi connectivity index (χ0) is 18.4. The van der Waals surface area contributed by atoms with Crippen LogP contribution in [0.5, 0.6) is 5.75 Å². The number of phenols is 1. The summed E-state index contributed by atoms with van der Waals surface area (Å²) in [4.78, 5) is 27.4. The van der Waals surface area contributed by atoms with Crippen LogP contribution in [0.4, 0.5) is 5.69 Å². The molecule has 1 amide bonds. The molecule has 7 N–H and O–H groups in total. The van der Waals surface area contributed by atoms with Crippen LogP contribution in [0.15, 0.2) is 53.5 Å². The zero-order valence-corrected chi connectivity index (χ0v) is 13.2. The van der Waals surface area contributed by atoms with Crippen LogP contribution in [-0.2, 0) is 4.79 Å². The Morgan fingerprint density at radius 1 is 1.12 bits per heavy atom. The number of carbonyl (C=O) groups excluding carboxylic acids is 1. The minimum absolute atomic E-state index is 0.0168. The van der Waals surface area contributed by atoms with Gasteiger partial charge in [-0.25, -0.2) is 4.99 Å². The molecule has 2 aromatic carbocycles. The van der Waals surface area contributed by atoms with Crippen LogP contribution in [0, 0.1) is 0 Å². The van der Waals surface area contributed by atoms with E-state index < -0.39 is 17.9 Å². The SMILES string of the molecule is NC(N)=Nc1cccc(C(=O)NC(CC(=O)O)c2cccc(O)c2)c1. The van der Waals surface area contributed by atoms with Gasteiger partial charge >= 0.3 is 5.97 Å². The highest BCUT2D eigenvalue weighted by Crippen LogP contribution is 2.22. The summed E-state index contributed by atoms with van der Waals surface area (Å²) in [5.74, 6) is -1.72. The number of rotatable bonds is 6. The smallest absolute Gasteiger partial charge is 0.305 e. The summed E-state index contributed by atoms with van der Waals surface area (Å²) in [6.07, 6.45) is -0.331. The molecular formula is C17H18N4O4. The molecule has 0 radical (unpaired) electrons. The van der Waals surface area contributed by atoms with Gasteiger partial charge in [-0.05, 0) is 35.9 Å². The van der Waals surface area contributed by atoms with E-state index >= 15 is 0 Å². The van der Waals surface area contributed by atoms with E-state index in [9.17, 15) is 14.7 Å². The number of carbonyl (C=O) groups is 2. The van der Waals surface area contributed by atoms with Crippen molar-refractivity contribution in [1.29, 1.82) is 0 Å². The summed E-state index contributed by atoms with van der Waals surface area (Å²) in [5.41, 5.74) is 11.8. The lowest BCUT2D eigenvalue weighted by atomic mass is 10.0. The Bertz CT molecular complexity index is 816. The second-order valence-corrected chi connectivity index (χ2v) is 5.31. The van der Waals surface area contributed by atoms with Gasteiger partial charge in [0.1, 0.15) is 5.75 Å². The number of amides is 1. The number of nitrogens with one attached hydrogen (secondary N) is 1. The molecule has 25 heavy (non-hydrogen) atoms. The highest BCUT2D eigenvalue weighted by Gasteiger charge is 2.19. The van der Waals surface area contributed by atoms with Crippen molar-refractivity contribution in [2.45, 2.75) is 12.5 Å². The molecule has 2 aromatic rings. The molecule has 8 nitrogen and oxygen atoms in total. The number of phenolic OH excluding ortho intramolecular Hbond substituents is 1. The van der Waals surface area contributed by atoms with E-state index in [1.807, 2.05) is 0 Å². The molecule has 0 saturated heterocycles. The first-order valence-electron chi connectivity index (χ1n) is 7.36. The molecule has 2 rings (SSSR count). The van der Waals surface area contributed by atoms with Crippen LogP contribution in [0.1, 0.15) is 28.4 Å². The summed E-state index contributed by atoms with van der Waals surface area (Å²) < 4.78 is 0. The highest BCUT2D eigenvalue weighted by molar-refractivity contribution is 5.95. The third kappa shape index (κ3) is 5.24. The average molecular weight is 342 g/mol. The van der Waals surface area contributed by atoms with E-state index in [4.69, 9.17) is 16.6 Å². The molecule has 8 heteroatoms. The first-order valence-corrected chi connectivity index (χ1v) is 7.36. The van der Waals surface area contributed by atoms with E-state index in [2.05, 4.69) is 10.3 Å². The normalized spacial score (nSPS) is 11.4. The predicted octanol–water partition coefficient (Wildman–Crippen LogP) is 1.24. The third-order valence-electron chi connectivity index (χ3n) is 3.32. The van der Waals surface area contributed by atoms with E-state index in [1.54, 1.807) is 30.3 Å². The molecule has 0 aromatic heterocycles. The molecule has 0 fully saturated rings. The minimum Gasteiger partial charge on any atom is -0.508 e. The lowest BCUT2D eigenvalue weighted by molar-refractivity contribution is -0.137. The fourth-order valence-corrected chi connectivity index (χ4v) is 2.28. The van der Waals surface area contributed by atoms with E-state index in [0.29, 0.717) is 11.3 Å². The Labute approximate surface area is 143 Å². The molecule has 0 bridgehead atoms. The van der Waals surface area contributed by atoms with Crippen LogP contribution < -0.4 is 16.8 Å². The number of guanidine groups is 1. The van der Waals surface area contributed by atoms with Gasteiger partial charge in [-0.2, -0.15) is 0 Å². The summed E-state index contributed by atoms with van der Waals surface area (Å²) in [6, 6.07) is 11.5. The van der Waals surface area contributed by atoms with Gasteiger partial charge in [-0.15, -0.1) is 0 Å². The molecule has 0 aliphatic heterocycles. The number of hydrogen-bond donors (Lipinski definition) is 5. The lowest BCUT2D eigenvalue weighted by Gasteiger charge is -2.18. The summed E-state index contributed by atoms with van der Waals surface area (Å²) in [5, 5.41) is 21.3. The molecule has 1 unspecified atom stereocenters. The highest BCUT2D eigenvalue weighted by atomic mass is 16.4. The molecule has 0 spiro atoms. The Hall–Kier alpha value is -3.55. The van der Waals surface area contributed by atoms with Gasteiger partial charge in [0, 0.05) is 5.56 Å². The standard InChI is InChI=1S/C17H18N4O4/c18-17(19)20-12-5-1-4-11(7-12)16(25)21-14(9-15(23)24)10-3-2-6-13(22)8-10/h1-8,14,22H,9H2,(H,21,25)(H,23,24)(H4,18,19,20). The van der Waals surface area contributed by atoms with Crippen molar-refractivity contribution in [3.8, 4) is 5.75 Å². The quantitative estimate of drug-likeness (QED) is 0.393. The fraction of sp³-hybridized carbons (Fsp3) is 0.118. The van der Waals surface area contributed by atoms with Crippen molar-refractivity contribution in [2.75, 3.05) is 0 Å². The summed E-state index contributed by atoms with van der Waals surface area (Å²) in [7, 11) is 0. The van der Waals surface area contributed by atoms with Gasteiger partial charge in [-0.3, -0.25) is 9.59 Å². The number of benzene rings is 2. The monoisotopic (exact) mass is 342 g/mol. The van der Waals surface area contributed by atoms with Crippen molar-refractivity contribution >= 4 is 23.5 Å². The number of nitrogens with zero attached hydrogens (tertiary/aromatic N) is 1. The van der Waals surface area contributed by atoms with Crippen molar-refractivity contribution in [3.05, 3.63) is 59.7 Å². The van der Waals surface area contributed by atoms with E-state index in [0.717, 1.165) is 0 Å². The maximum absolute atomic E-state index is 12.5. The Morgan fingerprint density at radius 2 is 1.84 bits per heavy atom. The Balaban J connectivity index is 2.25. The summed E-state index contributed by atoms with van der Waals surface area (Å²) in [6.45, 7) is 0. The van der Waals surface area contributed by atoms with Crippen LogP contribution in [-0.4, -0.2) is 28.0 Å². The average Bonchev–Trinajstić information content (AvgIpc) is 2.53. The van der Waals surface area contributed by atoms with Gasteiger partial charge in [0.15, 0.2) is 5.96 Å². The fourth-order valence-electron chi connectivity index (χ4n) is 2.28. The third-order valence-corrected chi connectivity index (χ3v) is 3.32. The number of aliphatic imine (C=N–C) groups is 1. The van der Waals surface area contributed by atoms with E-state index in [-0.39, 0.29) is 23.7 Å². The van der Waals surface area contributed by atoms with Gasteiger partial charge in [0.25, 0.3) is 5.91 Å². The maximum Gasteiger partial charge on any atom is 0.305 e. The van der Waals surface area contributed by atoms with Crippen molar-refractivity contribution in [2.24, 2.45) is 16.5 Å². The first kappa shape index (κ1) is 17.8. The number of nitrogens with two attached hydrogens (primary N) is 2. The maximum atomic E-state index is 12.5. The molecule has 0 saturated carbocycles. The van der Waals surface area contributed by atoms with Crippen molar-refractivity contribution in [1.82, 2.24) is 5.32 Å². The Morgan fingerprint density at radius 3 is 2.48 bits per heavy atom. The number of carboxylic acid groups (broad SMARTS) is 1. The molecule has 130 valence electrons. The van der Waals surface area contributed by atoms with Crippen LogP contribution in [0.25, 0.3) is 0 Å². The Kier molecular flexibility index (Phi) is 5.57.